The Balaban J connectivity index is 1.98. The van der Waals surface area contributed by atoms with E-state index < -0.39 is 11.6 Å². The molecule has 1 aliphatic heterocycles. The Labute approximate surface area is 119 Å². The van der Waals surface area contributed by atoms with Crippen LogP contribution in [0.2, 0.25) is 0 Å². The van der Waals surface area contributed by atoms with E-state index >= 15 is 0 Å². The van der Waals surface area contributed by atoms with Crippen LogP contribution in [0.5, 0.6) is 0 Å². The van der Waals surface area contributed by atoms with Gasteiger partial charge in [-0.3, -0.25) is 4.79 Å². The van der Waals surface area contributed by atoms with Crippen LogP contribution in [0.25, 0.3) is 0 Å². The van der Waals surface area contributed by atoms with E-state index in [1.54, 1.807) is 4.90 Å². The predicted octanol–water partition coefficient (Wildman–Crippen LogP) is 3.14. The summed E-state index contributed by atoms with van der Waals surface area (Å²) in [6, 6.07) is 3.67. The Morgan fingerprint density at radius 3 is 2.37 bits per heavy atom. The highest BCUT2D eigenvalue weighted by Gasteiger charge is 2.23. The van der Waals surface area contributed by atoms with Crippen LogP contribution < -0.4 is 0 Å². The van der Waals surface area contributed by atoms with Crippen molar-refractivity contribution in [2.45, 2.75) is 19.3 Å². The molecule has 1 saturated heterocycles. The van der Waals surface area contributed by atoms with Gasteiger partial charge in [-0.1, -0.05) is 22.0 Å². The van der Waals surface area contributed by atoms with Crippen LogP contribution in [0.4, 0.5) is 8.78 Å². The Kier molecular flexibility index (Phi) is 4.91. The van der Waals surface area contributed by atoms with Gasteiger partial charge in [0.25, 0.3) is 0 Å². The van der Waals surface area contributed by atoms with E-state index in [1.165, 1.54) is 18.2 Å². The number of carbonyl (C=O) groups is 1. The number of amides is 1. The molecule has 0 aromatic heterocycles. The maximum absolute atomic E-state index is 13.5. The molecule has 1 fully saturated rings. The van der Waals surface area contributed by atoms with E-state index in [2.05, 4.69) is 15.9 Å². The van der Waals surface area contributed by atoms with Crippen LogP contribution in [0, 0.1) is 17.6 Å². The molecule has 104 valence electrons. The van der Waals surface area contributed by atoms with Crippen molar-refractivity contribution in [1.29, 1.82) is 0 Å². The summed E-state index contributed by atoms with van der Waals surface area (Å²) in [4.78, 5) is 13.7. The molecule has 0 aliphatic carbocycles. The van der Waals surface area contributed by atoms with E-state index in [4.69, 9.17) is 0 Å². The van der Waals surface area contributed by atoms with E-state index in [0.29, 0.717) is 19.0 Å². The fraction of sp³-hybridized carbons (Fsp3) is 0.500. The van der Waals surface area contributed by atoms with E-state index in [1.807, 2.05) is 0 Å². The zero-order valence-corrected chi connectivity index (χ0v) is 12.1. The molecule has 0 atom stereocenters. The highest BCUT2D eigenvalue weighted by atomic mass is 79.9. The predicted molar refractivity (Wildman–Crippen MR) is 73.2 cm³/mol. The van der Waals surface area contributed by atoms with Gasteiger partial charge in [-0.05, 0) is 30.9 Å². The van der Waals surface area contributed by atoms with Gasteiger partial charge in [0.05, 0.1) is 6.42 Å². The number of hydrogen-bond donors (Lipinski definition) is 0. The molecule has 1 aromatic carbocycles. The van der Waals surface area contributed by atoms with Gasteiger partial charge < -0.3 is 4.90 Å². The zero-order valence-electron chi connectivity index (χ0n) is 10.5. The molecule has 0 N–H and O–H groups in total. The summed E-state index contributed by atoms with van der Waals surface area (Å²) in [5.74, 6) is -0.904. The van der Waals surface area contributed by atoms with Gasteiger partial charge in [-0.2, -0.15) is 0 Å². The highest BCUT2D eigenvalue weighted by Crippen LogP contribution is 2.20. The first-order valence-electron chi connectivity index (χ1n) is 6.38. The first-order valence-corrected chi connectivity index (χ1v) is 7.50. The quantitative estimate of drug-likeness (QED) is 0.779. The molecule has 1 amide bonds. The molecule has 0 saturated carbocycles. The molecule has 1 heterocycles. The van der Waals surface area contributed by atoms with Gasteiger partial charge in [0, 0.05) is 24.0 Å². The number of piperidine rings is 1. The van der Waals surface area contributed by atoms with Crippen molar-refractivity contribution in [3.8, 4) is 0 Å². The molecular weight excluding hydrogens is 316 g/mol. The van der Waals surface area contributed by atoms with E-state index in [0.717, 1.165) is 18.2 Å². The summed E-state index contributed by atoms with van der Waals surface area (Å²) in [7, 11) is 0. The summed E-state index contributed by atoms with van der Waals surface area (Å²) in [6.45, 7) is 1.34. The summed E-state index contributed by atoms with van der Waals surface area (Å²) in [5, 5.41) is 0.941. The van der Waals surface area contributed by atoms with E-state index in [9.17, 15) is 13.6 Å². The van der Waals surface area contributed by atoms with Gasteiger partial charge >= 0.3 is 0 Å². The molecule has 0 unspecified atom stereocenters. The SMILES string of the molecule is O=C(Cc1c(F)cccc1F)N1CCC(CBr)CC1. The average Bonchev–Trinajstić information content (AvgIpc) is 2.43. The van der Waals surface area contributed by atoms with Crippen molar-refractivity contribution in [3.05, 3.63) is 35.4 Å². The third-order valence-corrected chi connectivity index (χ3v) is 4.49. The van der Waals surface area contributed by atoms with Crippen LogP contribution in [0.15, 0.2) is 18.2 Å². The molecule has 0 radical (unpaired) electrons. The Morgan fingerprint density at radius 2 is 1.84 bits per heavy atom. The lowest BCUT2D eigenvalue weighted by Crippen LogP contribution is -2.39. The molecule has 5 heteroatoms. The van der Waals surface area contributed by atoms with Crippen molar-refractivity contribution in [3.63, 3.8) is 0 Å². The molecule has 1 aliphatic rings. The summed E-state index contributed by atoms with van der Waals surface area (Å²) < 4.78 is 27.0. The Hall–Kier alpha value is -0.970. The minimum Gasteiger partial charge on any atom is -0.342 e. The lowest BCUT2D eigenvalue weighted by atomic mass is 9.98. The second-order valence-electron chi connectivity index (χ2n) is 4.86. The van der Waals surface area contributed by atoms with Crippen molar-refractivity contribution < 1.29 is 13.6 Å². The smallest absolute Gasteiger partial charge is 0.227 e. The number of rotatable bonds is 3. The highest BCUT2D eigenvalue weighted by molar-refractivity contribution is 9.09. The van der Waals surface area contributed by atoms with Crippen molar-refractivity contribution in [2.75, 3.05) is 18.4 Å². The lowest BCUT2D eigenvalue weighted by Gasteiger charge is -2.31. The number of benzene rings is 1. The zero-order chi connectivity index (χ0) is 13.8. The maximum Gasteiger partial charge on any atom is 0.227 e. The summed E-state index contributed by atoms with van der Waals surface area (Å²) in [5.41, 5.74) is -0.130. The second-order valence-corrected chi connectivity index (χ2v) is 5.50. The minimum atomic E-state index is -0.649. The molecule has 0 spiro atoms. The topological polar surface area (TPSA) is 20.3 Å². The molecule has 2 rings (SSSR count). The molecule has 0 bridgehead atoms. The molecule has 19 heavy (non-hydrogen) atoms. The number of halogens is 3. The van der Waals surface area contributed by atoms with Crippen LogP contribution in [0.3, 0.4) is 0 Å². The monoisotopic (exact) mass is 331 g/mol. The summed E-state index contributed by atoms with van der Waals surface area (Å²) >= 11 is 3.44. The standard InChI is InChI=1S/C14H16BrF2NO/c15-9-10-4-6-18(7-5-10)14(19)8-11-12(16)2-1-3-13(11)17/h1-3,10H,4-9H2. The maximum atomic E-state index is 13.5. The molecule has 2 nitrogen and oxygen atoms in total. The summed E-state index contributed by atoms with van der Waals surface area (Å²) in [6.07, 6.45) is 1.69. The van der Waals surface area contributed by atoms with Crippen LogP contribution in [0.1, 0.15) is 18.4 Å². The Bertz CT molecular complexity index is 439. The molecular formula is C14H16BrF2NO. The number of likely N-dealkylation sites (tertiary alicyclic amines) is 1. The van der Waals surface area contributed by atoms with Gasteiger partial charge in [-0.15, -0.1) is 0 Å². The number of nitrogens with zero attached hydrogens (tertiary/aromatic N) is 1. The number of carbonyl (C=O) groups excluding carboxylic acids is 1. The number of alkyl halides is 1. The normalized spacial score (nSPS) is 16.7. The fourth-order valence-electron chi connectivity index (χ4n) is 2.30. The fourth-order valence-corrected chi connectivity index (χ4v) is 2.95. The van der Waals surface area contributed by atoms with Crippen LogP contribution in [-0.4, -0.2) is 29.2 Å². The average molecular weight is 332 g/mol. The lowest BCUT2D eigenvalue weighted by molar-refractivity contribution is -0.131. The van der Waals surface area contributed by atoms with Gasteiger partial charge in [-0.25, -0.2) is 8.78 Å². The van der Waals surface area contributed by atoms with Crippen LogP contribution in [-0.2, 0) is 11.2 Å². The minimum absolute atomic E-state index is 0.130. The first kappa shape index (κ1) is 14.4. The van der Waals surface area contributed by atoms with Crippen molar-refractivity contribution in [2.24, 2.45) is 5.92 Å². The largest absolute Gasteiger partial charge is 0.342 e. The van der Waals surface area contributed by atoms with Crippen molar-refractivity contribution in [1.82, 2.24) is 4.90 Å². The van der Waals surface area contributed by atoms with Gasteiger partial charge in [0.15, 0.2) is 0 Å². The number of hydrogen-bond acceptors (Lipinski definition) is 1. The Morgan fingerprint density at radius 1 is 1.26 bits per heavy atom. The van der Waals surface area contributed by atoms with Gasteiger partial charge in [0.1, 0.15) is 11.6 Å². The third kappa shape index (κ3) is 3.53. The molecule has 1 aromatic rings. The third-order valence-electron chi connectivity index (χ3n) is 3.58. The van der Waals surface area contributed by atoms with Crippen molar-refractivity contribution >= 4 is 21.8 Å². The first-order chi connectivity index (χ1) is 9.11. The van der Waals surface area contributed by atoms with Crippen LogP contribution >= 0.6 is 15.9 Å². The second kappa shape index (κ2) is 6.46. The van der Waals surface area contributed by atoms with E-state index in [-0.39, 0.29) is 17.9 Å². The van der Waals surface area contributed by atoms with Gasteiger partial charge in [0.2, 0.25) is 5.91 Å².